The van der Waals surface area contributed by atoms with Crippen LogP contribution in [-0.2, 0) is 14.9 Å². The van der Waals surface area contributed by atoms with Crippen LogP contribution < -0.4 is 0 Å². The lowest BCUT2D eigenvalue weighted by Gasteiger charge is -2.55. The number of Topliss-reactive ketones (excluding diaryl/α,β-unsaturated/α-hetero) is 1. The van der Waals surface area contributed by atoms with Gasteiger partial charge in [0.25, 0.3) is 0 Å². The molecule has 6 nitrogen and oxygen atoms in total. The minimum atomic E-state index is -0.324. The van der Waals surface area contributed by atoms with Crippen molar-refractivity contribution in [2.75, 3.05) is 6.61 Å². The number of carbonyl (C=O) groups is 2. The van der Waals surface area contributed by atoms with Crippen LogP contribution in [0.4, 0.5) is 0 Å². The molecule has 6 heteroatoms. The summed E-state index contributed by atoms with van der Waals surface area (Å²) in [5, 5.41) is 8.23. The van der Waals surface area contributed by atoms with E-state index < -0.39 is 0 Å². The van der Waals surface area contributed by atoms with Crippen LogP contribution in [0.25, 0.3) is 5.69 Å². The Kier molecular flexibility index (Phi) is 4.79. The molecule has 0 atom stereocenters. The second-order valence-corrected chi connectivity index (χ2v) is 11.0. The number of benzene rings is 1. The van der Waals surface area contributed by atoms with Gasteiger partial charge in [0.05, 0.1) is 23.0 Å². The van der Waals surface area contributed by atoms with E-state index in [2.05, 4.69) is 31.1 Å². The topological polar surface area (TPSA) is 74.1 Å². The fourth-order valence-corrected chi connectivity index (χ4v) is 6.45. The number of rotatable bonds is 5. The van der Waals surface area contributed by atoms with Crippen molar-refractivity contribution in [3.8, 4) is 5.69 Å². The zero-order chi connectivity index (χ0) is 21.8. The number of esters is 1. The number of ether oxygens (including phenoxy) is 1. The average Bonchev–Trinajstić information content (AvgIpc) is 3.21. The van der Waals surface area contributed by atoms with Gasteiger partial charge in [-0.3, -0.25) is 9.59 Å². The monoisotopic (exact) mass is 421 g/mol. The summed E-state index contributed by atoms with van der Waals surface area (Å²) in [7, 11) is 0. The molecule has 0 N–H and O–H groups in total. The van der Waals surface area contributed by atoms with E-state index in [9.17, 15) is 9.59 Å². The Morgan fingerprint density at radius 3 is 2.16 bits per heavy atom. The third-order valence-electron chi connectivity index (χ3n) is 7.56. The van der Waals surface area contributed by atoms with Gasteiger partial charge in [-0.25, -0.2) is 4.68 Å². The Hall–Kier alpha value is -2.50. The highest BCUT2D eigenvalue weighted by atomic mass is 16.5. The van der Waals surface area contributed by atoms with Gasteiger partial charge in [-0.05, 0) is 80.5 Å². The Morgan fingerprint density at radius 2 is 1.61 bits per heavy atom. The zero-order valence-corrected chi connectivity index (χ0v) is 18.6. The van der Waals surface area contributed by atoms with Crippen LogP contribution in [0.2, 0.25) is 0 Å². The molecule has 0 spiro atoms. The van der Waals surface area contributed by atoms with Crippen LogP contribution in [0.3, 0.4) is 0 Å². The number of hydrogen-bond donors (Lipinski definition) is 0. The van der Waals surface area contributed by atoms with Gasteiger partial charge in [0.15, 0.2) is 12.4 Å². The van der Waals surface area contributed by atoms with Crippen molar-refractivity contribution >= 4 is 11.8 Å². The molecule has 0 amide bonds. The predicted molar refractivity (Wildman–Crippen MR) is 116 cm³/mol. The molecule has 6 rings (SSSR count). The lowest BCUT2D eigenvalue weighted by atomic mass is 9.49. The van der Waals surface area contributed by atoms with E-state index in [-0.39, 0.29) is 29.2 Å². The smallest absolute Gasteiger partial charge is 0.312 e. The molecular formula is C25H31N3O3. The summed E-state index contributed by atoms with van der Waals surface area (Å²) in [6.45, 7) is 6.14. The zero-order valence-electron chi connectivity index (χ0n) is 18.6. The summed E-state index contributed by atoms with van der Waals surface area (Å²) in [6, 6.07) is 7.25. The van der Waals surface area contributed by atoms with Crippen molar-refractivity contribution in [3.63, 3.8) is 0 Å². The van der Waals surface area contributed by atoms with Crippen LogP contribution in [0, 0.1) is 23.2 Å². The number of aromatic nitrogens is 3. The van der Waals surface area contributed by atoms with Crippen LogP contribution >= 0.6 is 0 Å². The van der Waals surface area contributed by atoms with Crippen molar-refractivity contribution < 1.29 is 14.3 Å². The highest BCUT2D eigenvalue weighted by Gasteiger charge is 2.55. The lowest BCUT2D eigenvalue weighted by Crippen LogP contribution is -2.50. The first-order valence-electron chi connectivity index (χ1n) is 11.5. The Bertz CT molecular complexity index is 964. The van der Waals surface area contributed by atoms with Crippen molar-refractivity contribution in [1.29, 1.82) is 0 Å². The van der Waals surface area contributed by atoms with Gasteiger partial charge < -0.3 is 4.74 Å². The second kappa shape index (κ2) is 7.28. The molecule has 0 radical (unpaired) electrons. The first kappa shape index (κ1) is 20.4. The molecule has 1 aromatic carbocycles. The minimum absolute atomic E-state index is 0.0938. The molecule has 4 fully saturated rings. The molecule has 0 unspecified atom stereocenters. The van der Waals surface area contributed by atoms with E-state index in [0.29, 0.717) is 23.3 Å². The Morgan fingerprint density at radius 1 is 1.03 bits per heavy atom. The Labute approximate surface area is 183 Å². The van der Waals surface area contributed by atoms with E-state index in [1.54, 1.807) is 23.0 Å². The van der Waals surface area contributed by atoms with Crippen molar-refractivity contribution in [1.82, 2.24) is 15.0 Å². The van der Waals surface area contributed by atoms with Gasteiger partial charge in [0, 0.05) is 11.0 Å². The molecule has 4 bridgehead atoms. The largest absolute Gasteiger partial charge is 0.457 e. The third-order valence-corrected chi connectivity index (χ3v) is 7.56. The molecule has 4 aliphatic carbocycles. The lowest BCUT2D eigenvalue weighted by molar-refractivity contribution is -0.170. The molecule has 0 aliphatic heterocycles. The molecule has 31 heavy (non-hydrogen) atoms. The van der Waals surface area contributed by atoms with E-state index in [1.165, 1.54) is 19.3 Å². The van der Waals surface area contributed by atoms with Gasteiger partial charge in [0.1, 0.15) is 0 Å². The predicted octanol–water partition coefficient (Wildman–Crippen LogP) is 4.51. The summed E-state index contributed by atoms with van der Waals surface area (Å²) in [4.78, 5) is 25.7. The maximum absolute atomic E-state index is 13.0. The van der Waals surface area contributed by atoms with Gasteiger partial charge in [0.2, 0.25) is 0 Å². The SMILES string of the molecule is CC(C)(C)c1cnnn1-c1ccc(C(=O)COC(=O)C23CC4CC(CC(C4)C2)C3)cc1. The summed E-state index contributed by atoms with van der Waals surface area (Å²) < 4.78 is 7.39. The van der Waals surface area contributed by atoms with Gasteiger partial charge in [-0.15, -0.1) is 5.10 Å². The summed E-state index contributed by atoms with van der Waals surface area (Å²) in [5.41, 5.74) is 1.97. The number of nitrogens with zero attached hydrogens (tertiary/aromatic N) is 3. The summed E-state index contributed by atoms with van der Waals surface area (Å²) >= 11 is 0. The van der Waals surface area contributed by atoms with Crippen molar-refractivity contribution in [2.45, 2.75) is 64.7 Å². The molecular weight excluding hydrogens is 390 g/mol. The standard InChI is InChI=1S/C25H31N3O3/c1-24(2,3)22-14-26-27-28(22)20-6-4-19(5-7-20)21(29)15-31-23(30)25-11-16-8-17(12-25)10-18(9-16)13-25/h4-7,14,16-18H,8-13,15H2,1-3H3. The molecule has 4 aliphatic rings. The van der Waals surface area contributed by atoms with Crippen LogP contribution in [0.1, 0.15) is 75.3 Å². The quantitative estimate of drug-likeness (QED) is 0.525. The molecule has 2 aromatic rings. The molecule has 0 saturated heterocycles. The molecule has 4 saturated carbocycles. The fourth-order valence-electron chi connectivity index (χ4n) is 6.45. The van der Waals surface area contributed by atoms with E-state index >= 15 is 0 Å². The maximum Gasteiger partial charge on any atom is 0.312 e. The normalized spacial score (nSPS) is 29.2. The van der Waals surface area contributed by atoms with Crippen LogP contribution in [0.5, 0.6) is 0 Å². The van der Waals surface area contributed by atoms with Crippen LogP contribution in [-0.4, -0.2) is 33.4 Å². The van der Waals surface area contributed by atoms with Crippen molar-refractivity contribution in [2.24, 2.45) is 23.2 Å². The van der Waals surface area contributed by atoms with Gasteiger partial charge in [-0.1, -0.05) is 26.0 Å². The molecule has 1 aromatic heterocycles. The summed E-state index contributed by atoms with van der Waals surface area (Å²) in [6.07, 6.45) is 8.46. The van der Waals surface area contributed by atoms with Gasteiger partial charge in [-0.2, -0.15) is 0 Å². The minimum Gasteiger partial charge on any atom is -0.457 e. The van der Waals surface area contributed by atoms with Gasteiger partial charge >= 0.3 is 5.97 Å². The van der Waals surface area contributed by atoms with E-state index in [0.717, 1.165) is 30.6 Å². The first-order valence-corrected chi connectivity index (χ1v) is 11.5. The Balaban J connectivity index is 1.24. The average molecular weight is 422 g/mol. The first-order chi connectivity index (χ1) is 14.7. The van der Waals surface area contributed by atoms with Crippen LogP contribution in [0.15, 0.2) is 30.5 Å². The van der Waals surface area contributed by atoms with Crippen molar-refractivity contribution in [3.05, 3.63) is 41.7 Å². The number of carbonyl (C=O) groups excluding carboxylic acids is 2. The molecule has 164 valence electrons. The van der Waals surface area contributed by atoms with E-state index in [1.807, 2.05) is 12.1 Å². The number of hydrogen-bond acceptors (Lipinski definition) is 5. The second-order valence-electron chi connectivity index (χ2n) is 11.0. The molecule has 1 heterocycles. The summed E-state index contributed by atoms with van der Waals surface area (Å²) in [5.74, 6) is 1.72. The fraction of sp³-hybridized carbons (Fsp3) is 0.600. The highest BCUT2D eigenvalue weighted by Crippen LogP contribution is 2.60. The maximum atomic E-state index is 13.0. The highest BCUT2D eigenvalue weighted by molar-refractivity contribution is 5.98. The van der Waals surface area contributed by atoms with E-state index in [4.69, 9.17) is 4.74 Å². The number of ketones is 1. The third kappa shape index (κ3) is 3.70.